The topological polar surface area (TPSA) is 99.1 Å². The number of nitrogens with zero attached hydrogens (tertiary/aromatic N) is 3. The molecule has 0 radical (unpaired) electrons. The molecule has 2 aromatic heterocycles. The minimum Gasteiger partial charge on any atom is -0.479 e. The Morgan fingerprint density at radius 3 is 2.78 bits per heavy atom. The molecule has 0 aromatic carbocycles. The zero-order valence-corrected chi connectivity index (χ0v) is 10.5. The van der Waals surface area contributed by atoms with Crippen molar-refractivity contribution in [3.05, 3.63) is 24.2 Å². The van der Waals surface area contributed by atoms with Gasteiger partial charge in [0.1, 0.15) is 23.8 Å². The van der Waals surface area contributed by atoms with Crippen molar-refractivity contribution in [3.63, 3.8) is 0 Å². The smallest absolute Gasteiger partial charge is 0.242 e. The third-order valence-corrected chi connectivity index (χ3v) is 2.40. The fourth-order valence-electron chi connectivity index (χ4n) is 1.50. The van der Waals surface area contributed by atoms with E-state index in [1.807, 2.05) is 13.8 Å². The second-order valence-electron chi connectivity index (χ2n) is 3.82. The van der Waals surface area contributed by atoms with E-state index in [0.29, 0.717) is 23.3 Å². The molecule has 0 saturated carbocycles. The summed E-state index contributed by atoms with van der Waals surface area (Å²) in [6.45, 7) is 3.74. The maximum Gasteiger partial charge on any atom is 0.242 e. The van der Waals surface area contributed by atoms with E-state index in [1.165, 1.54) is 13.4 Å². The second kappa shape index (κ2) is 4.91. The van der Waals surface area contributed by atoms with E-state index < -0.39 is 0 Å². The van der Waals surface area contributed by atoms with Gasteiger partial charge in [-0.15, -0.1) is 0 Å². The number of anilines is 2. The van der Waals surface area contributed by atoms with E-state index in [0.717, 1.165) is 5.76 Å². The number of oxazole rings is 1. The molecule has 2 aromatic rings. The van der Waals surface area contributed by atoms with Crippen LogP contribution in [0.2, 0.25) is 0 Å². The molecule has 3 N–H and O–H groups in total. The van der Waals surface area contributed by atoms with Gasteiger partial charge in [0.25, 0.3) is 0 Å². The van der Waals surface area contributed by atoms with Gasteiger partial charge >= 0.3 is 0 Å². The van der Waals surface area contributed by atoms with Crippen LogP contribution in [-0.4, -0.2) is 22.1 Å². The van der Waals surface area contributed by atoms with Crippen LogP contribution < -0.4 is 15.8 Å². The van der Waals surface area contributed by atoms with E-state index in [9.17, 15) is 0 Å². The largest absolute Gasteiger partial charge is 0.479 e. The van der Waals surface area contributed by atoms with Crippen LogP contribution >= 0.6 is 0 Å². The van der Waals surface area contributed by atoms with Gasteiger partial charge in [-0.05, 0) is 13.8 Å². The zero-order chi connectivity index (χ0) is 13.1. The average Bonchev–Trinajstić information content (AvgIpc) is 2.78. The molecule has 1 atom stereocenters. The summed E-state index contributed by atoms with van der Waals surface area (Å²) >= 11 is 0. The van der Waals surface area contributed by atoms with Crippen molar-refractivity contribution < 1.29 is 9.15 Å². The first-order valence-electron chi connectivity index (χ1n) is 5.45. The Morgan fingerprint density at radius 1 is 1.39 bits per heavy atom. The SMILES string of the molecule is COc1ncnc(NC(C)c2ncc(C)o2)c1N. The third kappa shape index (κ3) is 2.34. The molecule has 0 amide bonds. The van der Waals surface area contributed by atoms with Crippen molar-refractivity contribution >= 4 is 11.5 Å². The summed E-state index contributed by atoms with van der Waals surface area (Å²) in [5.74, 6) is 2.16. The monoisotopic (exact) mass is 249 g/mol. The van der Waals surface area contributed by atoms with Crippen molar-refractivity contribution in [2.24, 2.45) is 0 Å². The molecule has 0 bridgehead atoms. The van der Waals surface area contributed by atoms with E-state index in [2.05, 4.69) is 20.3 Å². The zero-order valence-electron chi connectivity index (χ0n) is 10.5. The molecule has 1 unspecified atom stereocenters. The summed E-state index contributed by atoms with van der Waals surface area (Å²) < 4.78 is 10.4. The summed E-state index contributed by atoms with van der Waals surface area (Å²) in [4.78, 5) is 12.1. The number of aromatic nitrogens is 3. The van der Waals surface area contributed by atoms with E-state index in [1.54, 1.807) is 6.20 Å². The first-order chi connectivity index (χ1) is 8.61. The lowest BCUT2D eigenvalue weighted by Crippen LogP contribution is -2.11. The standard InChI is InChI=1S/C11H15N5O2/c1-6-4-13-10(18-6)7(2)16-9-8(12)11(17-3)15-5-14-9/h4-5,7H,12H2,1-3H3,(H,14,15,16). The number of hydrogen-bond donors (Lipinski definition) is 2. The van der Waals surface area contributed by atoms with Crippen LogP contribution in [0, 0.1) is 6.92 Å². The van der Waals surface area contributed by atoms with Crippen LogP contribution in [0.15, 0.2) is 16.9 Å². The lowest BCUT2D eigenvalue weighted by Gasteiger charge is -2.13. The Kier molecular flexibility index (Phi) is 3.31. The van der Waals surface area contributed by atoms with Crippen LogP contribution in [0.4, 0.5) is 11.5 Å². The van der Waals surface area contributed by atoms with Crippen molar-refractivity contribution in [1.82, 2.24) is 15.0 Å². The quantitative estimate of drug-likeness (QED) is 0.847. The second-order valence-corrected chi connectivity index (χ2v) is 3.82. The fraction of sp³-hybridized carbons (Fsp3) is 0.364. The summed E-state index contributed by atoms with van der Waals surface area (Å²) in [5.41, 5.74) is 6.22. The van der Waals surface area contributed by atoms with Crippen LogP contribution in [0.1, 0.15) is 24.6 Å². The van der Waals surface area contributed by atoms with Gasteiger partial charge in [-0.2, -0.15) is 4.98 Å². The summed E-state index contributed by atoms with van der Waals surface area (Å²) in [6, 6.07) is -0.152. The number of hydrogen-bond acceptors (Lipinski definition) is 7. The number of nitrogens with one attached hydrogen (secondary N) is 1. The molecular formula is C11H15N5O2. The first-order valence-corrected chi connectivity index (χ1v) is 5.45. The number of nitrogen functional groups attached to an aromatic ring is 1. The van der Waals surface area contributed by atoms with Crippen molar-refractivity contribution in [1.29, 1.82) is 0 Å². The van der Waals surface area contributed by atoms with E-state index in [-0.39, 0.29) is 6.04 Å². The molecule has 7 nitrogen and oxygen atoms in total. The predicted octanol–water partition coefficient (Wildman–Crippen LogP) is 1.54. The molecule has 0 aliphatic rings. The number of nitrogens with two attached hydrogens (primary N) is 1. The van der Waals surface area contributed by atoms with Gasteiger partial charge in [0.2, 0.25) is 11.8 Å². The Morgan fingerprint density at radius 2 is 2.17 bits per heavy atom. The highest BCUT2D eigenvalue weighted by Crippen LogP contribution is 2.27. The Labute approximate surface area is 104 Å². The lowest BCUT2D eigenvalue weighted by atomic mass is 10.3. The van der Waals surface area contributed by atoms with Crippen LogP contribution in [0.25, 0.3) is 0 Å². The number of rotatable bonds is 4. The molecule has 0 saturated heterocycles. The Balaban J connectivity index is 2.19. The van der Waals surface area contributed by atoms with Crippen molar-refractivity contribution in [3.8, 4) is 5.88 Å². The summed E-state index contributed by atoms with van der Waals surface area (Å²) in [7, 11) is 1.50. The fourth-order valence-corrected chi connectivity index (χ4v) is 1.50. The molecule has 18 heavy (non-hydrogen) atoms. The number of methoxy groups -OCH3 is 1. The van der Waals surface area contributed by atoms with E-state index in [4.69, 9.17) is 14.9 Å². The van der Waals surface area contributed by atoms with Crippen molar-refractivity contribution in [2.45, 2.75) is 19.9 Å². The Bertz CT molecular complexity index is 540. The van der Waals surface area contributed by atoms with E-state index >= 15 is 0 Å². The highest BCUT2D eigenvalue weighted by molar-refractivity contribution is 5.66. The number of aryl methyl sites for hydroxylation is 1. The van der Waals surface area contributed by atoms with Gasteiger partial charge < -0.3 is 20.2 Å². The average molecular weight is 249 g/mol. The van der Waals surface area contributed by atoms with Crippen LogP contribution in [0.5, 0.6) is 5.88 Å². The van der Waals surface area contributed by atoms with Crippen LogP contribution in [-0.2, 0) is 0 Å². The molecule has 0 aliphatic carbocycles. The highest BCUT2D eigenvalue weighted by atomic mass is 16.5. The van der Waals surface area contributed by atoms with Gasteiger partial charge in [0.15, 0.2) is 5.82 Å². The number of ether oxygens (including phenoxy) is 1. The molecule has 0 spiro atoms. The summed E-state index contributed by atoms with van der Waals surface area (Å²) in [6.07, 6.45) is 3.04. The summed E-state index contributed by atoms with van der Waals surface area (Å²) in [5, 5.41) is 3.10. The molecular weight excluding hydrogens is 234 g/mol. The van der Waals surface area contributed by atoms with Gasteiger partial charge in [-0.1, -0.05) is 0 Å². The maximum atomic E-state index is 5.86. The minimum absolute atomic E-state index is 0.152. The molecule has 2 heterocycles. The Hall–Kier alpha value is -2.31. The minimum atomic E-state index is -0.152. The predicted molar refractivity (Wildman–Crippen MR) is 66.3 cm³/mol. The molecule has 7 heteroatoms. The highest BCUT2D eigenvalue weighted by Gasteiger charge is 2.15. The molecule has 2 rings (SSSR count). The molecule has 0 aliphatic heterocycles. The third-order valence-electron chi connectivity index (χ3n) is 2.40. The molecule has 0 fully saturated rings. The molecule has 96 valence electrons. The van der Waals surface area contributed by atoms with Gasteiger partial charge in [-0.25, -0.2) is 9.97 Å². The van der Waals surface area contributed by atoms with Crippen molar-refractivity contribution in [2.75, 3.05) is 18.2 Å². The van der Waals surface area contributed by atoms with Gasteiger partial charge in [0, 0.05) is 0 Å². The van der Waals surface area contributed by atoms with Gasteiger partial charge in [0.05, 0.1) is 13.3 Å². The lowest BCUT2D eigenvalue weighted by molar-refractivity contribution is 0.399. The van der Waals surface area contributed by atoms with Gasteiger partial charge in [-0.3, -0.25) is 0 Å². The maximum absolute atomic E-state index is 5.86. The first kappa shape index (κ1) is 12.2. The normalized spacial score (nSPS) is 12.2. The van der Waals surface area contributed by atoms with Crippen LogP contribution in [0.3, 0.4) is 0 Å².